The van der Waals surface area contributed by atoms with Crippen LogP contribution in [0.25, 0.3) is 0 Å². The summed E-state index contributed by atoms with van der Waals surface area (Å²) in [7, 11) is 1.74. The Morgan fingerprint density at radius 1 is 1.13 bits per heavy atom. The first-order valence-corrected chi connectivity index (χ1v) is 10.4. The number of anilines is 2. The number of hydrogen-bond donors (Lipinski definition) is 3. The number of rotatable bonds is 5. The van der Waals surface area contributed by atoms with Gasteiger partial charge in [0.2, 0.25) is 11.8 Å². The zero-order valence-corrected chi connectivity index (χ0v) is 17.1. The molecule has 2 aliphatic rings. The molecule has 2 amide bonds. The largest absolute Gasteiger partial charge is 0.356 e. The van der Waals surface area contributed by atoms with Gasteiger partial charge in [0.15, 0.2) is 5.96 Å². The van der Waals surface area contributed by atoms with E-state index < -0.39 is 0 Å². The van der Waals surface area contributed by atoms with E-state index in [-0.39, 0.29) is 17.7 Å². The third kappa shape index (κ3) is 4.45. The Bertz CT molecular complexity index is 954. The van der Waals surface area contributed by atoms with E-state index in [1.807, 2.05) is 47.4 Å². The van der Waals surface area contributed by atoms with Crippen LogP contribution in [0.3, 0.4) is 0 Å². The van der Waals surface area contributed by atoms with Crippen molar-refractivity contribution in [1.29, 1.82) is 0 Å². The molecule has 0 aliphatic carbocycles. The van der Waals surface area contributed by atoms with E-state index in [0.29, 0.717) is 31.9 Å². The third-order valence-corrected chi connectivity index (χ3v) is 5.63. The van der Waals surface area contributed by atoms with Gasteiger partial charge in [0.1, 0.15) is 0 Å². The average Bonchev–Trinajstić information content (AvgIpc) is 3.20. The highest BCUT2D eigenvalue weighted by Crippen LogP contribution is 2.31. The second kappa shape index (κ2) is 8.98. The molecule has 3 N–H and O–H groups in total. The van der Waals surface area contributed by atoms with Gasteiger partial charge in [-0.25, -0.2) is 0 Å². The topological polar surface area (TPSA) is 85.8 Å². The quantitative estimate of drug-likeness (QED) is 0.527. The van der Waals surface area contributed by atoms with E-state index in [2.05, 4.69) is 27.0 Å². The second-order valence-corrected chi connectivity index (χ2v) is 7.66. The molecular formula is C23H27N5O2. The molecule has 1 unspecified atom stereocenters. The molecule has 7 nitrogen and oxygen atoms in total. The van der Waals surface area contributed by atoms with Gasteiger partial charge in [0, 0.05) is 56.8 Å². The van der Waals surface area contributed by atoms with Crippen LogP contribution < -0.4 is 20.9 Å². The predicted molar refractivity (Wildman–Crippen MR) is 119 cm³/mol. The highest BCUT2D eigenvalue weighted by molar-refractivity contribution is 5.95. The number of hydrogen-bond acceptors (Lipinski definition) is 3. The summed E-state index contributed by atoms with van der Waals surface area (Å²) in [6.45, 7) is 2.05. The number of fused-ring (bicyclic) bond motifs is 1. The first kappa shape index (κ1) is 19.9. The molecule has 0 spiro atoms. The van der Waals surface area contributed by atoms with Crippen LogP contribution in [0.2, 0.25) is 0 Å². The van der Waals surface area contributed by atoms with Crippen molar-refractivity contribution in [2.24, 2.45) is 4.99 Å². The van der Waals surface area contributed by atoms with Crippen LogP contribution in [0.4, 0.5) is 11.4 Å². The molecule has 30 heavy (non-hydrogen) atoms. The molecule has 0 radical (unpaired) electrons. The standard InChI is InChI=1S/C23H27N5O2/c1-24-23(26-15-17-13-21(29)27-20-6-3-2-5-19(17)20)25-14-16-8-10-18(11-9-16)28-12-4-7-22(28)30/h2-3,5-6,8-11,17H,4,7,12-15H2,1H3,(H,27,29)(H2,24,25,26). The number of para-hydroxylation sites is 1. The number of carbonyl (C=O) groups is 2. The zero-order valence-electron chi connectivity index (χ0n) is 17.1. The number of aliphatic imine (C=N–C) groups is 1. The minimum atomic E-state index is 0.0417. The van der Waals surface area contributed by atoms with Crippen molar-refractivity contribution < 1.29 is 9.59 Å². The Hall–Kier alpha value is -3.35. The molecule has 0 aromatic heterocycles. The molecule has 0 bridgehead atoms. The summed E-state index contributed by atoms with van der Waals surface area (Å²) in [5.41, 5.74) is 4.10. The van der Waals surface area contributed by atoms with E-state index >= 15 is 0 Å². The number of nitrogens with one attached hydrogen (secondary N) is 3. The Kier molecular flexibility index (Phi) is 5.97. The van der Waals surface area contributed by atoms with Crippen molar-refractivity contribution in [3.63, 3.8) is 0 Å². The van der Waals surface area contributed by atoms with Crippen molar-refractivity contribution in [3.05, 3.63) is 59.7 Å². The molecular weight excluding hydrogens is 378 g/mol. The molecule has 2 aromatic carbocycles. The minimum Gasteiger partial charge on any atom is -0.356 e. The molecule has 2 aliphatic heterocycles. The van der Waals surface area contributed by atoms with Gasteiger partial charge in [0.25, 0.3) is 0 Å². The molecule has 4 rings (SSSR count). The van der Waals surface area contributed by atoms with Crippen LogP contribution in [0.1, 0.15) is 36.3 Å². The first-order chi connectivity index (χ1) is 14.6. The van der Waals surface area contributed by atoms with E-state index in [1.165, 1.54) is 0 Å². The van der Waals surface area contributed by atoms with Crippen LogP contribution in [0.5, 0.6) is 0 Å². The van der Waals surface area contributed by atoms with E-state index in [9.17, 15) is 9.59 Å². The van der Waals surface area contributed by atoms with Crippen LogP contribution in [-0.4, -0.2) is 37.9 Å². The lowest BCUT2D eigenvalue weighted by atomic mass is 9.90. The average molecular weight is 406 g/mol. The maximum Gasteiger partial charge on any atom is 0.227 e. The Labute approximate surface area is 176 Å². The number of guanidine groups is 1. The monoisotopic (exact) mass is 405 g/mol. The summed E-state index contributed by atoms with van der Waals surface area (Å²) >= 11 is 0. The Balaban J connectivity index is 1.31. The number of amides is 2. The fraction of sp³-hybridized carbons (Fsp3) is 0.348. The Morgan fingerprint density at radius 2 is 1.93 bits per heavy atom. The summed E-state index contributed by atoms with van der Waals surface area (Å²) in [4.78, 5) is 30.0. The van der Waals surface area contributed by atoms with E-state index in [0.717, 1.165) is 35.5 Å². The lowest BCUT2D eigenvalue weighted by Gasteiger charge is -2.26. The SMILES string of the molecule is CN=C(NCc1ccc(N2CCCC2=O)cc1)NCC1CC(=O)Nc2ccccc21. The number of carbonyl (C=O) groups excluding carboxylic acids is 2. The fourth-order valence-corrected chi connectivity index (χ4v) is 4.03. The Morgan fingerprint density at radius 3 is 2.67 bits per heavy atom. The number of nitrogens with zero attached hydrogens (tertiary/aromatic N) is 2. The van der Waals surface area contributed by atoms with Crippen molar-refractivity contribution in [2.45, 2.75) is 31.7 Å². The third-order valence-electron chi connectivity index (χ3n) is 5.63. The number of benzene rings is 2. The minimum absolute atomic E-state index is 0.0417. The van der Waals surface area contributed by atoms with Gasteiger partial charge in [-0.2, -0.15) is 0 Å². The summed E-state index contributed by atoms with van der Waals surface area (Å²) in [5.74, 6) is 1.03. The summed E-state index contributed by atoms with van der Waals surface area (Å²) in [6.07, 6.45) is 2.02. The highest BCUT2D eigenvalue weighted by Gasteiger charge is 2.25. The van der Waals surface area contributed by atoms with Gasteiger partial charge in [-0.15, -0.1) is 0 Å². The lowest BCUT2D eigenvalue weighted by Crippen LogP contribution is -2.40. The van der Waals surface area contributed by atoms with Gasteiger partial charge in [-0.05, 0) is 35.7 Å². The van der Waals surface area contributed by atoms with Crippen LogP contribution >= 0.6 is 0 Å². The van der Waals surface area contributed by atoms with E-state index in [1.54, 1.807) is 7.05 Å². The highest BCUT2D eigenvalue weighted by atomic mass is 16.2. The van der Waals surface area contributed by atoms with Gasteiger partial charge < -0.3 is 20.9 Å². The second-order valence-electron chi connectivity index (χ2n) is 7.66. The van der Waals surface area contributed by atoms with Gasteiger partial charge in [0.05, 0.1) is 0 Å². The van der Waals surface area contributed by atoms with Crippen molar-refractivity contribution in [2.75, 3.05) is 30.4 Å². The maximum atomic E-state index is 12.0. The molecule has 1 saturated heterocycles. The summed E-state index contributed by atoms with van der Waals surface area (Å²) < 4.78 is 0. The molecule has 0 saturated carbocycles. The normalized spacial score (nSPS) is 18.8. The zero-order chi connectivity index (χ0) is 20.9. The first-order valence-electron chi connectivity index (χ1n) is 10.4. The van der Waals surface area contributed by atoms with Crippen LogP contribution in [0.15, 0.2) is 53.5 Å². The molecule has 1 atom stereocenters. The van der Waals surface area contributed by atoms with Gasteiger partial charge in [-0.3, -0.25) is 14.6 Å². The molecule has 2 heterocycles. The fourth-order valence-electron chi connectivity index (χ4n) is 4.03. The molecule has 2 aromatic rings. The molecule has 1 fully saturated rings. The predicted octanol–water partition coefficient (Wildman–Crippen LogP) is 2.60. The maximum absolute atomic E-state index is 12.0. The summed E-state index contributed by atoms with van der Waals surface area (Å²) in [5, 5.41) is 9.58. The van der Waals surface area contributed by atoms with E-state index in [4.69, 9.17) is 0 Å². The van der Waals surface area contributed by atoms with Crippen LogP contribution in [0, 0.1) is 0 Å². The van der Waals surface area contributed by atoms with Gasteiger partial charge >= 0.3 is 0 Å². The van der Waals surface area contributed by atoms with Crippen molar-refractivity contribution in [3.8, 4) is 0 Å². The van der Waals surface area contributed by atoms with Crippen LogP contribution in [-0.2, 0) is 16.1 Å². The van der Waals surface area contributed by atoms with Crippen molar-refractivity contribution >= 4 is 29.1 Å². The lowest BCUT2D eigenvalue weighted by molar-refractivity contribution is -0.117. The smallest absolute Gasteiger partial charge is 0.227 e. The molecule has 156 valence electrons. The van der Waals surface area contributed by atoms with Gasteiger partial charge in [-0.1, -0.05) is 30.3 Å². The van der Waals surface area contributed by atoms with Crippen molar-refractivity contribution in [1.82, 2.24) is 10.6 Å². The molecule has 7 heteroatoms. The summed E-state index contributed by atoms with van der Waals surface area (Å²) in [6, 6.07) is 16.0.